The molecule has 0 amide bonds. The van der Waals surface area contributed by atoms with Crippen molar-refractivity contribution in [3.63, 3.8) is 0 Å². The number of nitrogens with zero attached hydrogens (tertiary/aromatic N) is 5. The summed E-state index contributed by atoms with van der Waals surface area (Å²) in [5.74, 6) is -1.55. The van der Waals surface area contributed by atoms with Crippen LogP contribution >= 0.6 is 0 Å². The summed E-state index contributed by atoms with van der Waals surface area (Å²) < 4.78 is 31.3. The lowest BCUT2D eigenvalue weighted by molar-refractivity contribution is -0.0374. The van der Waals surface area contributed by atoms with Gasteiger partial charge >= 0.3 is 0 Å². The zero-order valence-corrected chi connectivity index (χ0v) is 16.6. The van der Waals surface area contributed by atoms with E-state index in [0.717, 1.165) is 29.1 Å². The quantitative estimate of drug-likeness (QED) is 0.525. The first-order valence-electron chi connectivity index (χ1n) is 9.50. The molecule has 0 unspecified atom stereocenters. The average molecular weight is 409 g/mol. The highest BCUT2D eigenvalue weighted by atomic mass is 19.1. The summed E-state index contributed by atoms with van der Waals surface area (Å²) in [6.07, 6.45) is 2.77. The molecule has 4 aromatic rings. The topological polar surface area (TPSA) is 68.8 Å². The van der Waals surface area contributed by atoms with Gasteiger partial charge in [0.2, 0.25) is 0 Å². The Labute approximate surface area is 172 Å². The minimum absolute atomic E-state index is 0.0388. The SMILES string of the molecule is Cc1cc(-c2ccccc2)nn1[C@H](C)[C@](O)(Cn1cncn1)c1ccc(F)cc1F. The van der Waals surface area contributed by atoms with Crippen molar-refractivity contribution in [3.8, 4) is 11.3 Å². The second-order valence-electron chi connectivity index (χ2n) is 7.30. The van der Waals surface area contributed by atoms with E-state index in [-0.39, 0.29) is 12.1 Å². The molecule has 0 aliphatic carbocycles. The summed E-state index contributed by atoms with van der Waals surface area (Å²) in [5, 5.41) is 20.4. The number of aryl methyl sites for hydroxylation is 1. The Morgan fingerprint density at radius 3 is 2.53 bits per heavy atom. The van der Waals surface area contributed by atoms with E-state index in [9.17, 15) is 13.9 Å². The number of rotatable bonds is 6. The van der Waals surface area contributed by atoms with Crippen LogP contribution in [0.4, 0.5) is 8.78 Å². The first-order chi connectivity index (χ1) is 14.4. The van der Waals surface area contributed by atoms with Crippen molar-refractivity contribution >= 4 is 0 Å². The van der Waals surface area contributed by atoms with Gasteiger partial charge in [0.1, 0.15) is 29.9 Å². The van der Waals surface area contributed by atoms with Crippen LogP contribution in [0.5, 0.6) is 0 Å². The van der Waals surface area contributed by atoms with E-state index in [2.05, 4.69) is 15.2 Å². The van der Waals surface area contributed by atoms with E-state index in [0.29, 0.717) is 0 Å². The lowest BCUT2D eigenvalue weighted by atomic mass is 9.86. The van der Waals surface area contributed by atoms with Gasteiger partial charge in [-0.3, -0.25) is 4.68 Å². The highest BCUT2D eigenvalue weighted by molar-refractivity contribution is 5.59. The van der Waals surface area contributed by atoms with Crippen LogP contribution in [0.15, 0.2) is 67.3 Å². The standard InChI is InChI=1S/C22H21F2N5O/c1-15-10-21(17-6-4-3-5-7-17)27-29(15)16(2)22(30,12-28-14-25-13-26-28)19-9-8-18(23)11-20(19)24/h3-11,13-14,16,30H,12H2,1-2H3/t16-,22-/m1/s1. The fourth-order valence-electron chi connectivity index (χ4n) is 3.68. The molecule has 2 aromatic carbocycles. The maximum absolute atomic E-state index is 14.7. The average Bonchev–Trinajstić information content (AvgIpc) is 3.37. The molecular weight excluding hydrogens is 388 g/mol. The van der Waals surface area contributed by atoms with E-state index in [1.165, 1.54) is 23.4 Å². The van der Waals surface area contributed by atoms with E-state index in [4.69, 9.17) is 0 Å². The summed E-state index contributed by atoms with van der Waals surface area (Å²) in [6, 6.07) is 14.0. The van der Waals surface area contributed by atoms with Crippen LogP contribution in [-0.4, -0.2) is 29.7 Å². The molecule has 154 valence electrons. The van der Waals surface area contributed by atoms with E-state index in [1.807, 2.05) is 43.3 Å². The molecule has 4 rings (SSSR count). The predicted molar refractivity (Wildman–Crippen MR) is 107 cm³/mol. The Hall–Kier alpha value is -3.39. The highest BCUT2D eigenvalue weighted by Gasteiger charge is 2.41. The van der Waals surface area contributed by atoms with Gasteiger partial charge in [-0.1, -0.05) is 36.4 Å². The second kappa shape index (κ2) is 7.79. The van der Waals surface area contributed by atoms with Gasteiger partial charge in [0.25, 0.3) is 0 Å². The Bertz CT molecular complexity index is 1140. The van der Waals surface area contributed by atoms with Crippen LogP contribution in [-0.2, 0) is 12.1 Å². The van der Waals surface area contributed by atoms with Crippen molar-refractivity contribution in [2.75, 3.05) is 0 Å². The maximum atomic E-state index is 14.7. The van der Waals surface area contributed by atoms with Crippen LogP contribution in [0, 0.1) is 18.6 Å². The third kappa shape index (κ3) is 3.61. The number of aliphatic hydroxyl groups is 1. The molecule has 2 heterocycles. The molecule has 0 radical (unpaired) electrons. The normalized spacial score (nSPS) is 14.4. The summed E-state index contributed by atoms with van der Waals surface area (Å²) in [6.45, 7) is 3.53. The Kier molecular flexibility index (Phi) is 5.17. The molecule has 0 bridgehead atoms. The Balaban J connectivity index is 1.80. The first kappa shape index (κ1) is 19.9. The van der Waals surface area contributed by atoms with Gasteiger partial charge in [0.05, 0.1) is 18.3 Å². The van der Waals surface area contributed by atoms with Crippen LogP contribution in [0.1, 0.15) is 24.2 Å². The zero-order valence-electron chi connectivity index (χ0n) is 16.6. The van der Waals surface area contributed by atoms with Gasteiger partial charge in [-0.25, -0.2) is 18.4 Å². The minimum Gasteiger partial charge on any atom is -0.381 e. The van der Waals surface area contributed by atoms with Gasteiger partial charge in [-0.2, -0.15) is 10.2 Å². The van der Waals surface area contributed by atoms with Crippen molar-refractivity contribution in [1.82, 2.24) is 24.5 Å². The van der Waals surface area contributed by atoms with Crippen LogP contribution in [0.25, 0.3) is 11.3 Å². The summed E-state index contributed by atoms with van der Waals surface area (Å²) >= 11 is 0. The number of hydrogen-bond donors (Lipinski definition) is 1. The molecule has 6 nitrogen and oxygen atoms in total. The smallest absolute Gasteiger partial charge is 0.137 e. The molecule has 0 spiro atoms. The van der Waals surface area contributed by atoms with Gasteiger partial charge < -0.3 is 5.11 Å². The molecule has 0 fully saturated rings. The zero-order chi connectivity index (χ0) is 21.3. The van der Waals surface area contributed by atoms with E-state index in [1.54, 1.807) is 11.6 Å². The van der Waals surface area contributed by atoms with Crippen LogP contribution < -0.4 is 0 Å². The predicted octanol–water partition coefficient (Wildman–Crippen LogP) is 3.88. The molecule has 30 heavy (non-hydrogen) atoms. The molecule has 0 saturated heterocycles. The molecule has 1 N–H and O–H groups in total. The number of halogens is 2. The summed E-state index contributed by atoms with van der Waals surface area (Å²) in [7, 11) is 0. The third-order valence-corrected chi connectivity index (χ3v) is 5.32. The maximum Gasteiger partial charge on any atom is 0.137 e. The highest BCUT2D eigenvalue weighted by Crippen LogP contribution is 2.37. The molecular formula is C22H21F2N5O. The molecule has 8 heteroatoms. The van der Waals surface area contributed by atoms with Gasteiger partial charge in [-0.05, 0) is 26.0 Å². The molecule has 0 aliphatic rings. The van der Waals surface area contributed by atoms with Crippen LogP contribution in [0.2, 0.25) is 0 Å². The summed E-state index contributed by atoms with van der Waals surface area (Å²) in [5.41, 5.74) is 0.655. The molecule has 0 saturated carbocycles. The van der Waals surface area contributed by atoms with Crippen molar-refractivity contribution < 1.29 is 13.9 Å². The Morgan fingerprint density at radius 1 is 1.10 bits per heavy atom. The first-order valence-corrected chi connectivity index (χ1v) is 9.50. The summed E-state index contributed by atoms with van der Waals surface area (Å²) in [4.78, 5) is 3.89. The number of aromatic nitrogens is 5. The lowest BCUT2D eigenvalue weighted by Gasteiger charge is -2.35. The van der Waals surface area contributed by atoms with Crippen molar-refractivity contribution in [3.05, 3.63) is 90.1 Å². The van der Waals surface area contributed by atoms with Crippen LogP contribution in [0.3, 0.4) is 0 Å². The number of hydrogen-bond acceptors (Lipinski definition) is 4. The van der Waals surface area contributed by atoms with Gasteiger partial charge in [-0.15, -0.1) is 0 Å². The van der Waals surface area contributed by atoms with E-state index >= 15 is 0 Å². The molecule has 2 atom stereocenters. The van der Waals surface area contributed by atoms with Crippen molar-refractivity contribution in [1.29, 1.82) is 0 Å². The monoisotopic (exact) mass is 409 g/mol. The van der Waals surface area contributed by atoms with E-state index < -0.39 is 23.3 Å². The fraction of sp³-hybridized carbons (Fsp3) is 0.227. The Morgan fingerprint density at radius 2 is 1.87 bits per heavy atom. The molecule has 0 aliphatic heterocycles. The van der Waals surface area contributed by atoms with Crippen molar-refractivity contribution in [2.45, 2.75) is 32.0 Å². The van der Waals surface area contributed by atoms with Gasteiger partial charge in [0, 0.05) is 22.9 Å². The third-order valence-electron chi connectivity index (χ3n) is 5.32. The largest absolute Gasteiger partial charge is 0.381 e. The molecule has 2 aromatic heterocycles. The minimum atomic E-state index is -1.77. The second-order valence-corrected chi connectivity index (χ2v) is 7.30. The fourth-order valence-corrected chi connectivity index (χ4v) is 3.68. The van der Waals surface area contributed by atoms with Crippen molar-refractivity contribution in [2.24, 2.45) is 0 Å². The number of benzene rings is 2. The van der Waals surface area contributed by atoms with Gasteiger partial charge in [0.15, 0.2) is 0 Å². The lowest BCUT2D eigenvalue weighted by Crippen LogP contribution is -2.41.